The average molecular weight is 598 g/mol. The van der Waals surface area contributed by atoms with Crippen molar-refractivity contribution < 1.29 is 32.2 Å². The minimum absolute atomic E-state index is 0.0260. The Labute approximate surface area is 248 Å². The van der Waals surface area contributed by atoms with Gasteiger partial charge in [0, 0.05) is 6.54 Å². The number of rotatable bonds is 13. The van der Waals surface area contributed by atoms with Crippen LogP contribution in [0.15, 0.2) is 77.7 Å². The summed E-state index contributed by atoms with van der Waals surface area (Å²) in [4.78, 5) is 27.5. The molecular formula is C31H39N3O7S. The third-order valence-corrected chi connectivity index (χ3v) is 7.01. The van der Waals surface area contributed by atoms with E-state index in [1.165, 1.54) is 17.1 Å². The van der Waals surface area contributed by atoms with Crippen LogP contribution in [0.25, 0.3) is 0 Å². The number of carbonyl (C=O) groups excluding carboxylic acids is 2. The van der Waals surface area contributed by atoms with Gasteiger partial charge in [0.2, 0.25) is 0 Å². The lowest BCUT2D eigenvalue weighted by Crippen LogP contribution is -2.45. The lowest BCUT2D eigenvalue weighted by molar-refractivity contribution is -0.109. The first-order chi connectivity index (χ1) is 19.8. The number of hydrazine groups is 1. The Bertz CT molecular complexity index is 1450. The largest absolute Gasteiger partial charge is 0.490 e. The van der Waals surface area contributed by atoms with Crippen LogP contribution in [0.4, 0.5) is 10.5 Å². The molecule has 0 saturated carbocycles. The van der Waals surface area contributed by atoms with Crippen LogP contribution in [0.3, 0.4) is 0 Å². The van der Waals surface area contributed by atoms with Gasteiger partial charge in [-0.1, -0.05) is 36.4 Å². The number of sulfonamides is 1. The summed E-state index contributed by atoms with van der Waals surface area (Å²) >= 11 is 0. The molecule has 1 unspecified atom stereocenters. The van der Waals surface area contributed by atoms with E-state index in [-0.39, 0.29) is 17.5 Å². The summed E-state index contributed by atoms with van der Waals surface area (Å²) in [5.74, 6) is 0.934. The fraction of sp³-hybridized carbons (Fsp3) is 0.355. The molecule has 0 heterocycles. The van der Waals surface area contributed by atoms with Crippen LogP contribution in [-0.2, 0) is 26.1 Å². The molecule has 0 fully saturated rings. The first kappa shape index (κ1) is 32.4. The summed E-state index contributed by atoms with van der Waals surface area (Å²) in [7, 11) is -4.10. The molecule has 10 nitrogen and oxygen atoms in total. The van der Waals surface area contributed by atoms with E-state index in [1.54, 1.807) is 81.4 Å². The molecule has 11 heteroatoms. The summed E-state index contributed by atoms with van der Waals surface area (Å²) in [5.41, 5.74) is 0.835. The molecule has 1 atom stereocenters. The van der Waals surface area contributed by atoms with E-state index >= 15 is 0 Å². The van der Waals surface area contributed by atoms with Crippen molar-refractivity contribution in [2.45, 2.75) is 70.7 Å². The lowest BCUT2D eigenvalue weighted by Gasteiger charge is -2.31. The van der Waals surface area contributed by atoms with E-state index in [2.05, 4.69) is 10.1 Å². The molecule has 226 valence electrons. The van der Waals surface area contributed by atoms with Gasteiger partial charge in [0.25, 0.3) is 10.0 Å². The second-order valence-electron chi connectivity index (χ2n) is 10.7. The molecule has 0 aliphatic rings. The Hall–Kier alpha value is -4.09. The Kier molecular flexibility index (Phi) is 11.0. The minimum Gasteiger partial charge on any atom is -0.490 e. The van der Waals surface area contributed by atoms with Gasteiger partial charge in [-0.2, -0.15) is 0 Å². The van der Waals surface area contributed by atoms with Crippen molar-refractivity contribution >= 4 is 28.1 Å². The third kappa shape index (κ3) is 9.22. The van der Waals surface area contributed by atoms with Crippen molar-refractivity contribution in [3.05, 3.63) is 83.9 Å². The zero-order valence-electron chi connectivity index (χ0n) is 24.8. The van der Waals surface area contributed by atoms with E-state index in [1.807, 2.05) is 20.8 Å². The molecule has 3 aromatic carbocycles. The van der Waals surface area contributed by atoms with Crippen LogP contribution in [0.2, 0.25) is 0 Å². The highest BCUT2D eigenvalue weighted by Gasteiger charge is 2.28. The quantitative estimate of drug-likeness (QED) is 0.195. The SMILES string of the molecule is CCOc1cc(C(C=O)N(NS(=O)(=O)c2ccccc2)c2cccc(CNC(=O)OC(C)(C)C)c2)ccc1OC(C)C. The molecule has 0 spiro atoms. The number of ether oxygens (including phenoxy) is 3. The van der Waals surface area contributed by atoms with Crippen LogP contribution in [0.1, 0.15) is 58.7 Å². The van der Waals surface area contributed by atoms with Crippen molar-refractivity contribution in [1.82, 2.24) is 10.1 Å². The molecular weight excluding hydrogens is 558 g/mol. The molecule has 3 rings (SSSR count). The van der Waals surface area contributed by atoms with Gasteiger partial charge in [-0.3, -0.25) is 5.01 Å². The summed E-state index contributed by atoms with van der Waals surface area (Å²) in [5, 5.41) is 3.97. The van der Waals surface area contributed by atoms with Crippen molar-refractivity contribution in [1.29, 1.82) is 0 Å². The molecule has 0 aliphatic carbocycles. The number of benzene rings is 3. The van der Waals surface area contributed by atoms with Gasteiger partial charge in [0.15, 0.2) is 11.5 Å². The number of carbonyl (C=O) groups is 2. The Morgan fingerprint density at radius 2 is 1.69 bits per heavy atom. The maximum absolute atomic E-state index is 13.5. The molecule has 0 aliphatic heterocycles. The molecule has 3 aromatic rings. The number of nitrogens with zero attached hydrogens (tertiary/aromatic N) is 1. The number of aldehydes is 1. The highest BCUT2D eigenvalue weighted by Crippen LogP contribution is 2.34. The molecule has 2 N–H and O–H groups in total. The van der Waals surface area contributed by atoms with Crippen molar-refractivity contribution in [3.63, 3.8) is 0 Å². The Morgan fingerprint density at radius 1 is 0.976 bits per heavy atom. The van der Waals surface area contributed by atoms with Crippen LogP contribution in [-0.4, -0.2) is 39.1 Å². The summed E-state index contributed by atoms with van der Waals surface area (Å²) in [6.07, 6.45) is -0.0525. The molecule has 1 amide bonds. The zero-order chi connectivity index (χ0) is 30.9. The molecule has 0 aromatic heterocycles. The topological polar surface area (TPSA) is 123 Å². The standard InChI is InChI=1S/C31H39N3O7S/c1-7-39-29-19-24(16-17-28(29)40-22(2)3)27(21-35)34(33-42(37,38)26-14-9-8-10-15-26)25-13-11-12-23(18-25)20-32-30(36)41-31(4,5)6/h8-19,21-22,27,33H,7,20H2,1-6H3,(H,32,36). The van der Waals surface area contributed by atoms with Gasteiger partial charge in [0.05, 0.1) is 23.3 Å². The van der Waals surface area contributed by atoms with Gasteiger partial charge in [-0.25, -0.2) is 13.2 Å². The van der Waals surface area contributed by atoms with Gasteiger partial charge >= 0.3 is 6.09 Å². The summed E-state index contributed by atoms with van der Waals surface area (Å²) < 4.78 is 43.9. The number of hydrogen-bond acceptors (Lipinski definition) is 8. The second kappa shape index (κ2) is 14.2. The average Bonchev–Trinajstić information content (AvgIpc) is 2.92. The molecule has 0 radical (unpaired) electrons. The highest BCUT2D eigenvalue weighted by molar-refractivity contribution is 7.89. The molecule has 0 saturated heterocycles. The number of nitrogens with one attached hydrogen (secondary N) is 2. The van der Waals surface area contributed by atoms with E-state index in [9.17, 15) is 18.0 Å². The van der Waals surface area contributed by atoms with Gasteiger partial charge in [-0.15, -0.1) is 4.83 Å². The Morgan fingerprint density at radius 3 is 2.31 bits per heavy atom. The van der Waals surface area contributed by atoms with E-state index in [0.29, 0.717) is 41.2 Å². The van der Waals surface area contributed by atoms with Crippen LogP contribution in [0, 0.1) is 0 Å². The smallest absolute Gasteiger partial charge is 0.407 e. The maximum Gasteiger partial charge on any atom is 0.407 e. The Balaban J connectivity index is 2.04. The third-order valence-electron chi connectivity index (χ3n) is 5.68. The normalized spacial score (nSPS) is 12.4. The van der Waals surface area contributed by atoms with Crippen molar-refractivity contribution in [3.8, 4) is 11.5 Å². The minimum atomic E-state index is -4.10. The predicted molar refractivity (Wildman–Crippen MR) is 161 cm³/mol. The monoisotopic (exact) mass is 597 g/mol. The molecule has 0 bridgehead atoms. The zero-order valence-corrected chi connectivity index (χ0v) is 25.6. The first-order valence-corrected chi connectivity index (χ1v) is 15.1. The first-order valence-electron chi connectivity index (χ1n) is 13.6. The highest BCUT2D eigenvalue weighted by atomic mass is 32.2. The van der Waals surface area contributed by atoms with Gasteiger partial charge in [-0.05, 0) is 89.1 Å². The summed E-state index contributed by atoms with van der Waals surface area (Å²) in [6, 6.07) is 18.6. The number of anilines is 1. The van der Waals surface area contributed by atoms with Crippen molar-refractivity contribution in [2.75, 3.05) is 11.6 Å². The number of hydrogen-bond donors (Lipinski definition) is 2. The van der Waals surface area contributed by atoms with E-state index < -0.39 is 27.8 Å². The van der Waals surface area contributed by atoms with E-state index in [4.69, 9.17) is 14.2 Å². The van der Waals surface area contributed by atoms with Gasteiger partial charge < -0.3 is 24.3 Å². The van der Waals surface area contributed by atoms with Crippen LogP contribution >= 0.6 is 0 Å². The number of amides is 1. The maximum atomic E-state index is 13.5. The fourth-order valence-electron chi connectivity index (χ4n) is 3.97. The lowest BCUT2D eigenvalue weighted by atomic mass is 10.1. The van der Waals surface area contributed by atoms with E-state index in [0.717, 1.165) is 0 Å². The molecule has 42 heavy (non-hydrogen) atoms. The predicted octanol–water partition coefficient (Wildman–Crippen LogP) is 5.54. The summed E-state index contributed by atoms with van der Waals surface area (Å²) in [6.45, 7) is 11.4. The number of alkyl carbamates (subject to hydrolysis) is 1. The fourth-order valence-corrected chi connectivity index (χ4v) is 5.07. The van der Waals surface area contributed by atoms with Crippen molar-refractivity contribution in [2.24, 2.45) is 0 Å². The van der Waals surface area contributed by atoms with Crippen LogP contribution < -0.4 is 24.6 Å². The van der Waals surface area contributed by atoms with Gasteiger partial charge in [0.1, 0.15) is 17.9 Å². The second-order valence-corrected chi connectivity index (χ2v) is 12.4. The van der Waals surface area contributed by atoms with Crippen LogP contribution in [0.5, 0.6) is 11.5 Å².